The average molecular weight is 466 g/mol. The number of piperazine rings is 1. The molecule has 2 aromatic carbocycles. The second-order valence-electron chi connectivity index (χ2n) is 8.33. The molecule has 1 aliphatic heterocycles. The molecule has 174 valence electrons. The number of benzene rings is 2. The summed E-state index contributed by atoms with van der Waals surface area (Å²) < 4.78 is 11.0. The number of aromatic nitrogens is 1. The minimum Gasteiger partial charge on any atom is -0.497 e. The molecule has 6 nitrogen and oxygen atoms in total. The summed E-state index contributed by atoms with van der Waals surface area (Å²) in [5.74, 6) is 1.87. The number of amides is 1. The Morgan fingerprint density at radius 2 is 1.70 bits per heavy atom. The van der Waals surface area contributed by atoms with Gasteiger partial charge >= 0.3 is 0 Å². The molecular formula is C26H31N3O3S. The molecule has 1 aromatic heterocycles. The number of rotatable bonds is 9. The van der Waals surface area contributed by atoms with Gasteiger partial charge in [0.15, 0.2) is 0 Å². The van der Waals surface area contributed by atoms with Crippen LogP contribution >= 0.6 is 11.3 Å². The third kappa shape index (κ3) is 6.79. The van der Waals surface area contributed by atoms with Crippen molar-refractivity contribution in [1.29, 1.82) is 0 Å². The number of aryl methyl sites for hydroxylation is 1. The number of hydrogen-bond acceptors (Lipinski definition) is 6. The number of methoxy groups -OCH3 is 1. The highest BCUT2D eigenvalue weighted by molar-refractivity contribution is 7.09. The van der Waals surface area contributed by atoms with Crippen LogP contribution in [0.1, 0.15) is 21.8 Å². The molecule has 1 aliphatic rings. The maximum Gasteiger partial charge on any atom is 0.228 e. The summed E-state index contributed by atoms with van der Waals surface area (Å²) in [5, 5.41) is 2.86. The second kappa shape index (κ2) is 11.3. The Morgan fingerprint density at radius 3 is 2.39 bits per heavy atom. The maximum atomic E-state index is 12.8. The summed E-state index contributed by atoms with van der Waals surface area (Å²) in [6.45, 7) is 6.85. The van der Waals surface area contributed by atoms with Crippen molar-refractivity contribution < 1.29 is 14.3 Å². The van der Waals surface area contributed by atoms with Gasteiger partial charge in [-0.2, -0.15) is 0 Å². The van der Waals surface area contributed by atoms with Crippen molar-refractivity contribution in [1.82, 2.24) is 14.8 Å². The molecule has 0 unspecified atom stereocenters. The smallest absolute Gasteiger partial charge is 0.228 e. The first-order chi connectivity index (χ1) is 16.1. The van der Waals surface area contributed by atoms with Crippen molar-refractivity contribution in [2.75, 3.05) is 39.8 Å². The highest BCUT2D eigenvalue weighted by Gasteiger charge is 2.21. The third-order valence-electron chi connectivity index (χ3n) is 5.92. The van der Waals surface area contributed by atoms with Gasteiger partial charge in [0.1, 0.15) is 23.1 Å². The zero-order valence-corrected chi connectivity index (χ0v) is 20.1. The lowest BCUT2D eigenvalue weighted by molar-refractivity contribution is -0.132. The van der Waals surface area contributed by atoms with Gasteiger partial charge < -0.3 is 14.4 Å². The molecule has 0 bridgehead atoms. The lowest BCUT2D eigenvalue weighted by Crippen LogP contribution is -2.49. The van der Waals surface area contributed by atoms with Gasteiger partial charge in [-0.25, -0.2) is 4.98 Å². The van der Waals surface area contributed by atoms with Crippen LogP contribution in [0.4, 0.5) is 0 Å². The van der Waals surface area contributed by atoms with E-state index in [1.807, 2.05) is 46.7 Å². The van der Waals surface area contributed by atoms with Crippen LogP contribution in [0.15, 0.2) is 53.9 Å². The van der Waals surface area contributed by atoms with Crippen LogP contribution in [-0.4, -0.2) is 60.5 Å². The minimum atomic E-state index is 0.154. The van der Waals surface area contributed by atoms with Gasteiger partial charge in [0, 0.05) is 38.1 Å². The van der Waals surface area contributed by atoms with Crippen molar-refractivity contribution in [3.63, 3.8) is 0 Å². The van der Waals surface area contributed by atoms with Gasteiger partial charge in [0.25, 0.3) is 0 Å². The van der Waals surface area contributed by atoms with Gasteiger partial charge in [-0.15, -0.1) is 11.3 Å². The molecule has 0 N–H and O–H groups in total. The van der Waals surface area contributed by atoms with Crippen LogP contribution in [0.2, 0.25) is 0 Å². The van der Waals surface area contributed by atoms with E-state index in [0.29, 0.717) is 13.0 Å². The Morgan fingerprint density at radius 1 is 1.00 bits per heavy atom. The van der Waals surface area contributed by atoms with Crippen LogP contribution < -0.4 is 9.47 Å². The van der Waals surface area contributed by atoms with Crippen LogP contribution in [-0.2, 0) is 24.2 Å². The predicted molar refractivity (Wildman–Crippen MR) is 131 cm³/mol. The molecule has 1 amide bonds. The first-order valence-corrected chi connectivity index (χ1v) is 12.2. The number of thiazole rings is 1. The van der Waals surface area contributed by atoms with Crippen molar-refractivity contribution in [2.45, 2.75) is 26.4 Å². The van der Waals surface area contributed by atoms with Crippen molar-refractivity contribution in [3.8, 4) is 11.5 Å². The van der Waals surface area contributed by atoms with E-state index in [4.69, 9.17) is 9.47 Å². The highest BCUT2D eigenvalue weighted by atomic mass is 32.1. The van der Waals surface area contributed by atoms with E-state index in [2.05, 4.69) is 28.9 Å². The summed E-state index contributed by atoms with van der Waals surface area (Å²) in [4.78, 5) is 21.7. The Bertz CT molecular complexity index is 1030. The molecule has 2 heterocycles. The number of nitrogens with zero attached hydrogens (tertiary/aromatic N) is 3. The molecule has 7 heteroatoms. The summed E-state index contributed by atoms with van der Waals surface area (Å²) in [5.41, 5.74) is 3.34. The predicted octanol–water partition coefficient (Wildman–Crippen LogP) is 3.97. The molecule has 3 aromatic rings. The zero-order chi connectivity index (χ0) is 23.0. The number of carbonyl (C=O) groups excluding carboxylic acids is 1. The third-order valence-corrected chi connectivity index (χ3v) is 6.79. The van der Waals surface area contributed by atoms with Gasteiger partial charge in [-0.3, -0.25) is 9.69 Å². The monoisotopic (exact) mass is 465 g/mol. The van der Waals surface area contributed by atoms with Crippen molar-refractivity contribution in [3.05, 3.63) is 75.7 Å². The summed E-state index contributed by atoms with van der Waals surface area (Å²) in [6, 6.07) is 16.2. The molecule has 0 saturated carbocycles. The molecule has 0 atom stereocenters. The molecule has 4 rings (SSSR count). The normalized spacial score (nSPS) is 14.3. The van der Waals surface area contributed by atoms with E-state index in [-0.39, 0.29) is 5.91 Å². The number of ether oxygens (including phenoxy) is 2. The quantitative estimate of drug-likeness (QED) is 0.479. The minimum absolute atomic E-state index is 0.154. The molecule has 1 fully saturated rings. The Hall–Kier alpha value is -2.90. The van der Waals surface area contributed by atoms with Crippen LogP contribution in [0, 0.1) is 6.92 Å². The molecule has 1 saturated heterocycles. The molecule has 33 heavy (non-hydrogen) atoms. The van der Waals surface area contributed by atoms with Gasteiger partial charge in [-0.1, -0.05) is 29.8 Å². The van der Waals surface area contributed by atoms with E-state index in [1.165, 1.54) is 11.1 Å². The van der Waals surface area contributed by atoms with Gasteiger partial charge in [0.2, 0.25) is 5.91 Å². The Kier molecular flexibility index (Phi) is 7.96. The van der Waals surface area contributed by atoms with Crippen LogP contribution in [0.3, 0.4) is 0 Å². The lowest BCUT2D eigenvalue weighted by Gasteiger charge is -2.34. The highest BCUT2D eigenvalue weighted by Crippen LogP contribution is 2.17. The number of hydrogen-bond donors (Lipinski definition) is 0. The van der Waals surface area contributed by atoms with Crippen molar-refractivity contribution in [2.24, 2.45) is 0 Å². The van der Waals surface area contributed by atoms with Crippen LogP contribution in [0.5, 0.6) is 11.5 Å². The number of carbonyl (C=O) groups is 1. The summed E-state index contributed by atoms with van der Waals surface area (Å²) in [7, 11) is 1.68. The SMILES string of the molecule is COc1ccc(CCN2CCN(C(=O)Cc3csc(COc4ccc(C)cc4)n3)CC2)cc1. The van der Waals surface area contributed by atoms with E-state index in [1.54, 1.807) is 18.4 Å². The maximum absolute atomic E-state index is 12.8. The van der Waals surface area contributed by atoms with Crippen LogP contribution in [0.25, 0.3) is 0 Å². The van der Waals surface area contributed by atoms with E-state index in [9.17, 15) is 4.79 Å². The fraction of sp³-hybridized carbons (Fsp3) is 0.385. The zero-order valence-electron chi connectivity index (χ0n) is 19.3. The van der Waals surface area contributed by atoms with Gasteiger partial charge in [-0.05, 0) is 43.2 Å². The van der Waals surface area contributed by atoms with E-state index in [0.717, 1.165) is 61.3 Å². The van der Waals surface area contributed by atoms with E-state index >= 15 is 0 Å². The summed E-state index contributed by atoms with van der Waals surface area (Å²) in [6.07, 6.45) is 1.36. The lowest BCUT2D eigenvalue weighted by atomic mass is 10.1. The largest absolute Gasteiger partial charge is 0.497 e. The summed E-state index contributed by atoms with van der Waals surface area (Å²) >= 11 is 1.54. The van der Waals surface area contributed by atoms with Crippen molar-refractivity contribution >= 4 is 17.2 Å². The molecule has 0 radical (unpaired) electrons. The standard InChI is InChI=1S/C26H31N3O3S/c1-20-3-7-24(8-4-20)32-18-25-27-22(19-33-25)17-26(30)29-15-13-28(14-16-29)12-11-21-5-9-23(31-2)10-6-21/h3-10,19H,11-18H2,1-2H3. The molecule has 0 spiro atoms. The molecular weight excluding hydrogens is 434 g/mol. The average Bonchev–Trinajstić information content (AvgIpc) is 3.30. The second-order valence-corrected chi connectivity index (χ2v) is 9.27. The molecule has 0 aliphatic carbocycles. The topological polar surface area (TPSA) is 54.9 Å². The fourth-order valence-corrected chi connectivity index (χ4v) is 4.55. The Balaban J connectivity index is 1.18. The first kappa shape index (κ1) is 23.3. The first-order valence-electron chi connectivity index (χ1n) is 11.3. The van der Waals surface area contributed by atoms with E-state index < -0.39 is 0 Å². The fourth-order valence-electron chi connectivity index (χ4n) is 3.84. The van der Waals surface area contributed by atoms with Gasteiger partial charge in [0.05, 0.1) is 19.2 Å². The Labute approximate surface area is 199 Å².